The summed E-state index contributed by atoms with van der Waals surface area (Å²) in [5.41, 5.74) is 3.68. The molecule has 1 aliphatic carbocycles. The Bertz CT molecular complexity index is 1310. The molecule has 3 aliphatic rings. The first-order chi connectivity index (χ1) is 16.1. The third-order valence-corrected chi connectivity index (χ3v) is 7.44. The minimum absolute atomic E-state index is 0.107. The Kier molecular flexibility index (Phi) is 4.73. The Morgan fingerprint density at radius 3 is 2.61 bits per heavy atom. The summed E-state index contributed by atoms with van der Waals surface area (Å²) in [6, 6.07) is 14.0. The highest BCUT2D eigenvalue weighted by atomic mass is 32.1. The monoisotopic (exact) mass is 459 g/mol. The Morgan fingerprint density at radius 2 is 1.79 bits per heavy atom. The predicted octanol–water partition coefficient (Wildman–Crippen LogP) is 4.98. The number of hydrogen-bond acceptors (Lipinski definition) is 6. The molecular formula is C26H21NO5S. The molecule has 2 aromatic carbocycles. The van der Waals surface area contributed by atoms with E-state index in [9.17, 15) is 14.7 Å². The molecule has 1 atom stereocenters. The number of fused-ring (bicyclic) bond motifs is 2. The molecule has 3 aromatic rings. The molecule has 2 aliphatic heterocycles. The van der Waals surface area contributed by atoms with Gasteiger partial charge in [-0.1, -0.05) is 18.2 Å². The van der Waals surface area contributed by atoms with Gasteiger partial charge in [-0.2, -0.15) is 0 Å². The minimum atomic E-state index is -0.721. The number of carbonyl (C=O) groups is 2. The van der Waals surface area contributed by atoms with Crippen molar-refractivity contribution in [1.82, 2.24) is 0 Å². The largest absolute Gasteiger partial charge is 0.507 e. The van der Waals surface area contributed by atoms with E-state index in [1.807, 2.05) is 35.7 Å². The van der Waals surface area contributed by atoms with Crippen molar-refractivity contribution in [1.29, 1.82) is 0 Å². The van der Waals surface area contributed by atoms with Crippen molar-refractivity contribution in [3.63, 3.8) is 0 Å². The van der Waals surface area contributed by atoms with E-state index < -0.39 is 17.7 Å². The minimum Gasteiger partial charge on any atom is -0.507 e. The normalized spacial score (nSPS) is 20.8. The van der Waals surface area contributed by atoms with Crippen LogP contribution in [0.1, 0.15) is 40.5 Å². The lowest BCUT2D eigenvalue weighted by Gasteiger charge is -2.24. The molecular weight excluding hydrogens is 438 g/mol. The zero-order chi connectivity index (χ0) is 22.5. The van der Waals surface area contributed by atoms with Gasteiger partial charge in [0.2, 0.25) is 6.79 Å². The number of amides is 1. The van der Waals surface area contributed by atoms with Gasteiger partial charge >= 0.3 is 0 Å². The number of benzene rings is 2. The smallest absolute Gasteiger partial charge is 0.300 e. The number of thiophene rings is 1. The van der Waals surface area contributed by atoms with Gasteiger partial charge in [-0.15, -0.1) is 11.3 Å². The Balaban J connectivity index is 1.50. The number of ether oxygens (including phenoxy) is 2. The summed E-state index contributed by atoms with van der Waals surface area (Å²) in [5, 5.41) is 13.2. The van der Waals surface area contributed by atoms with Crippen LogP contribution in [0.25, 0.3) is 5.76 Å². The van der Waals surface area contributed by atoms with Crippen molar-refractivity contribution in [2.75, 3.05) is 11.7 Å². The fourth-order valence-electron chi connectivity index (χ4n) is 4.89. The van der Waals surface area contributed by atoms with E-state index in [2.05, 4.69) is 0 Å². The summed E-state index contributed by atoms with van der Waals surface area (Å²) in [6.07, 6.45) is 4.26. The number of anilines is 1. The third-order valence-electron chi connectivity index (χ3n) is 6.51. The number of aliphatic hydroxyl groups excluding tert-OH is 1. The fraction of sp³-hybridized carbons (Fsp3) is 0.231. The van der Waals surface area contributed by atoms with Gasteiger partial charge in [0.05, 0.1) is 5.57 Å². The van der Waals surface area contributed by atoms with Crippen LogP contribution in [0.2, 0.25) is 0 Å². The fourth-order valence-corrected chi connectivity index (χ4v) is 5.71. The van der Waals surface area contributed by atoms with E-state index in [-0.39, 0.29) is 18.1 Å². The predicted molar refractivity (Wildman–Crippen MR) is 125 cm³/mol. The number of ketones is 1. The lowest BCUT2D eigenvalue weighted by molar-refractivity contribution is -0.132. The van der Waals surface area contributed by atoms with Crippen LogP contribution in [0.3, 0.4) is 0 Å². The quantitative estimate of drug-likeness (QED) is 0.340. The van der Waals surface area contributed by atoms with Crippen molar-refractivity contribution in [3.8, 4) is 11.5 Å². The van der Waals surface area contributed by atoms with Crippen LogP contribution in [0.5, 0.6) is 11.5 Å². The SMILES string of the molecule is O=C1C(=O)N(c2ccc3c(c2)OCO3)C(c2cccs2)/C1=C(/O)c1ccc2c(c1)CCCC2. The highest BCUT2D eigenvalue weighted by Gasteiger charge is 2.47. The van der Waals surface area contributed by atoms with Gasteiger partial charge in [-0.25, -0.2) is 0 Å². The lowest BCUT2D eigenvalue weighted by atomic mass is 9.89. The van der Waals surface area contributed by atoms with Crippen molar-refractivity contribution in [2.24, 2.45) is 0 Å². The highest BCUT2D eigenvalue weighted by Crippen LogP contribution is 2.46. The molecule has 6 rings (SSSR count). The molecule has 1 amide bonds. The van der Waals surface area contributed by atoms with Crippen LogP contribution < -0.4 is 14.4 Å². The molecule has 1 N–H and O–H groups in total. The summed E-state index contributed by atoms with van der Waals surface area (Å²) < 4.78 is 10.9. The van der Waals surface area contributed by atoms with Gasteiger partial charge in [0.25, 0.3) is 11.7 Å². The Hall–Kier alpha value is -3.58. The van der Waals surface area contributed by atoms with Crippen LogP contribution in [0.15, 0.2) is 59.5 Å². The molecule has 1 aromatic heterocycles. The van der Waals surface area contributed by atoms with Crippen LogP contribution in [0, 0.1) is 0 Å². The number of nitrogens with zero attached hydrogens (tertiary/aromatic N) is 1. The second kappa shape index (κ2) is 7.78. The molecule has 0 spiro atoms. The zero-order valence-electron chi connectivity index (χ0n) is 17.7. The molecule has 6 nitrogen and oxygen atoms in total. The number of carbonyl (C=O) groups excluding carboxylic acids is 2. The standard InChI is InChI=1S/C26H21NO5S/c28-24(17-8-7-15-4-1-2-5-16(15)12-17)22-23(21-6-3-11-33-21)27(26(30)25(22)29)18-9-10-19-20(13-18)32-14-31-19/h3,6-13,23,28H,1-2,4-5,14H2/b24-22-. The van der Waals surface area contributed by atoms with E-state index in [1.165, 1.54) is 27.4 Å². The maximum atomic E-state index is 13.3. The zero-order valence-corrected chi connectivity index (χ0v) is 18.6. The molecule has 1 fully saturated rings. The number of aryl methyl sites for hydroxylation is 2. The molecule has 3 heterocycles. The van der Waals surface area contributed by atoms with Crippen molar-refractivity contribution in [3.05, 3.63) is 81.1 Å². The molecule has 0 bridgehead atoms. The Labute approximate surface area is 194 Å². The Morgan fingerprint density at radius 1 is 0.970 bits per heavy atom. The van der Waals surface area contributed by atoms with Crippen LogP contribution in [0.4, 0.5) is 5.69 Å². The second-order valence-electron chi connectivity index (χ2n) is 8.41. The first kappa shape index (κ1) is 20.1. The lowest BCUT2D eigenvalue weighted by Crippen LogP contribution is -2.29. The topological polar surface area (TPSA) is 76.1 Å². The van der Waals surface area contributed by atoms with Crippen LogP contribution in [-0.2, 0) is 22.4 Å². The van der Waals surface area contributed by atoms with Crippen molar-refractivity contribution in [2.45, 2.75) is 31.7 Å². The van der Waals surface area contributed by atoms with Crippen molar-refractivity contribution < 1.29 is 24.2 Å². The molecule has 166 valence electrons. The number of Topliss-reactive ketones (excluding diaryl/α,β-unsaturated/α-hetero) is 1. The van der Waals surface area contributed by atoms with Gasteiger partial charge in [-0.05, 0) is 66.5 Å². The average molecular weight is 460 g/mol. The van der Waals surface area contributed by atoms with Gasteiger partial charge in [0, 0.05) is 22.2 Å². The summed E-state index contributed by atoms with van der Waals surface area (Å²) >= 11 is 1.44. The van der Waals surface area contributed by atoms with Crippen molar-refractivity contribution >= 4 is 34.5 Å². The molecule has 1 saturated heterocycles. The first-order valence-corrected chi connectivity index (χ1v) is 11.9. The summed E-state index contributed by atoms with van der Waals surface area (Å²) in [6.45, 7) is 0.115. The first-order valence-electron chi connectivity index (χ1n) is 11.0. The molecule has 33 heavy (non-hydrogen) atoms. The highest BCUT2D eigenvalue weighted by molar-refractivity contribution is 7.10. The second-order valence-corrected chi connectivity index (χ2v) is 9.39. The molecule has 1 unspecified atom stereocenters. The van der Waals surface area contributed by atoms with E-state index in [1.54, 1.807) is 18.2 Å². The van der Waals surface area contributed by atoms with Crippen LogP contribution in [-0.4, -0.2) is 23.6 Å². The van der Waals surface area contributed by atoms with E-state index in [0.29, 0.717) is 22.7 Å². The number of hydrogen-bond donors (Lipinski definition) is 1. The maximum absolute atomic E-state index is 13.3. The van der Waals surface area contributed by atoms with E-state index in [4.69, 9.17) is 9.47 Å². The third kappa shape index (κ3) is 3.23. The molecule has 0 saturated carbocycles. The van der Waals surface area contributed by atoms with Gasteiger partial charge in [-0.3, -0.25) is 14.5 Å². The maximum Gasteiger partial charge on any atom is 0.300 e. The van der Waals surface area contributed by atoms with Gasteiger partial charge in [0.15, 0.2) is 11.5 Å². The number of rotatable bonds is 3. The average Bonchev–Trinajstić information content (AvgIpc) is 3.58. The van der Waals surface area contributed by atoms with Gasteiger partial charge < -0.3 is 14.6 Å². The van der Waals surface area contributed by atoms with E-state index in [0.717, 1.165) is 30.6 Å². The summed E-state index contributed by atoms with van der Waals surface area (Å²) in [4.78, 5) is 28.8. The van der Waals surface area contributed by atoms with E-state index >= 15 is 0 Å². The van der Waals surface area contributed by atoms with Crippen LogP contribution >= 0.6 is 11.3 Å². The molecule has 0 radical (unpaired) electrons. The summed E-state index contributed by atoms with van der Waals surface area (Å²) in [5.74, 6) is -0.387. The number of aliphatic hydroxyl groups is 1. The summed E-state index contributed by atoms with van der Waals surface area (Å²) in [7, 11) is 0. The molecule has 7 heteroatoms. The van der Waals surface area contributed by atoms with Gasteiger partial charge in [0.1, 0.15) is 11.8 Å².